The van der Waals surface area contributed by atoms with Crippen molar-refractivity contribution in [3.05, 3.63) is 53.3 Å². The summed E-state index contributed by atoms with van der Waals surface area (Å²) in [6.07, 6.45) is 1.66. The van der Waals surface area contributed by atoms with E-state index in [0.29, 0.717) is 27.8 Å². The highest BCUT2D eigenvalue weighted by molar-refractivity contribution is 6.13. The summed E-state index contributed by atoms with van der Waals surface area (Å²) in [6.45, 7) is 8.09. The molecule has 2 aromatic heterocycles. The molecule has 0 saturated heterocycles. The van der Waals surface area contributed by atoms with Crippen molar-refractivity contribution in [1.82, 2.24) is 14.8 Å². The number of methoxy groups -OCH3 is 1. The molecule has 0 atom stereocenters. The molecule has 0 spiro atoms. The number of carbonyl (C=O) groups excluding carboxylic acids is 2. The predicted molar refractivity (Wildman–Crippen MR) is 108 cm³/mol. The fraction of sp³-hybridized carbons (Fsp3) is 0.333. The number of hydrogen-bond donors (Lipinski definition) is 1. The second-order valence-electron chi connectivity index (χ2n) is 7.16. The van der Waals surface area contributed by atoms with Crippen molar-refractivity contribution in [2.75, 3.05) is 12.4 Å². The largest absolute Gasteiger partial charge is 0.465 e. The first-order valence-corrected chi connectivity index (χ1v) is 9.20. The third-order valence-corrected chi connectivity index (χ3v) is 4.49. The Balaban J connectivity index is 2.09. The van der Waals surface area contributed by atoms with Crippen LogP contribution in [0.3, 0.4) is 0 Å². The van der Waals surface area contributed by atoms with Crippen molar-refractivity contribution in [2.45, 2.75) is 39.7 Å². The quantitative estimate of drug-likeness (QED) is 0.671. The molecule has 1 N–H and O–H groups in total. The van der Waals surface area contributed by atoms with Gasteiger partial charge in [-0.15, -0.1) is 0 Å². The number of nitrogens with one attached hydrogen (secondary N) is 1. The number of anilines is 1. The fourth-order valence-electron chi connectivity index (χ4n) is 2.97. The van der Waals surface area contributed by atoms with Crippen LogP contribution in [-0.2, 0) is 4.74 Å². The van der Waals surface area contributed by atoms with E-state index in [9.17, 15) is 9.59 Å². The van der Waals surface area contributed by atoms with Gasteiger partial charge in [-0.2, -0.15) is 5.10 Å². The standard InChI is InChI=1S/C21H24N4O3/c1-12(2)18-10-15(16-11-22-25(13(3)4)19(16)23-18)20(26)24-17-9-7-6-8-14(17)21(27)28-5/h6-13H,1-5H3,(H,24,26). The number of carbonyl (C=O) groups is 2. The molecule has 0 radical (unpaired) electrons. The van der Waals surface area contributed by atoms with Gasteiger partial charge in [0.15, 0.2) is 5.65 Å². The SMILES string of the molecule is COC(=O)c1ccccc1NC(=O)c1cc(C(C)C)nc2c1cnn2C(C)C. The molecular weight excluding hydrogens is 356 g/mol. The highest BCUT2D eigenvalue weighted by atomic mass is 16.5. The molecule has 2 heterocycles. The number of hydrogen-bond acceptors (Lipinski definition) is 5. The van der Waals surface area contributed by atoms with Crippen molar-refractivity contribution in [3.63, 3.8) is 0 Å². The number of benzene rings is 1. The summed E-state index contributed by atoms with van der Waals surface area (Å²) >= 11 is 0. The number of ether oxygens (including phenoxy) is 1. The van der Waals surface area contributed by atoms with Crippen molar-refractivity contribution < 1.29 is 14.3 Å². The highest BCUT2D eigenvalue weighted by Crippen LogP contribution is 2.26. The second kappa shape index (κ2) is 7.80. The number of aromatic nitrogens is 3. The molecule has 0 saturated carbocycles. The van der Waals surface area contributed by atoms with Gasteiger partial charge in [0.25, 0.3) is 5.91 Å². The molecule has 7 nitrogen and oxygen atoms in total. The second-order valence-corrected chi connectivity index (χ2v) is 7.16. The molecule has 1 aromatic carbocycles. The third-order valence-electron chi connectivity index (χ3n) is 4.49. The molecule has 0 fully saturated rings. The summed E-state index contributed by atoms with van der Waals surface area (Å²) in [5, 5.41) is 7.91. The molecule has 0 aliphatic rings. The summed E-state index contributed by atoms with van der Waals surface area (Å²) in [5.41, 5.74) is 2.64. The lowest BCUT2D eigenvalue weighted by Gasteiger charge is -2.13. The van der Waals surface area contributed by atoms with Crippen molar-refractivity contribution in [1.29, 1.82) is 0 Å². The Morgan fingerprint density at radius 2 is 1.82 bits per heavy atom. The molecule has 146 valence electrons. The van der Waals surface area contributed by atoms with Crippen LogP contribution in [0.25, 0.3) is 11.0 Å². The summed E-state index contributed by atoms with van der Waals surface area (Å²) in [7, 11) is 1.31. The van der Waals surface area contributed by atoms with Gasteiger partial charge in [0.05, 0.1) is 35.5 Å². The van der Waals surface area contributed by atoms with Gasteiger partial charge in [-0.1, -0.05) is 26.0 Å². The zero-order chi connectivity index (χ0) is 20.4. The minimum atomic E-state index is -0.508. The monoisotopic (exact) mass is 380 g/mol. The van der Waals surface area contributed by atoms with E-state index in [-0.39, 0.29) is 17.9 Å². The van der Waals surface area contributed by atoms with Crippen molar-refractivity contribution in [3.8, 4) is 0 Å². The van der Waals surface area contributed by atoms with E-state index < -0.39 is 5.97 Å². The summed E-state index contributed by atoms with van der Waals surface area (Å²) in [5.74, 6) is -0.686. The maximum absolute atomic E-state index is 13.1. The van der Waals surface area contributed by atoms with Gasteiger partial charge >= 0.3 is 5.97 Å². The lowest BCUT2D eigenvalue weighted by atomic mass is 10.0. The van der Waals surface area contributed by atoms with Gasteiger partial charge in [0.2, 0.25) is 0 Å². The van der Waals surface area contributed by atoms with Crippen LogP contribution < -0.4 is 5.32 Å². The number of para-hydroxylation sites is 1. The van der Waals surface area contributed by atoms with Gasteiger partial charge in [-0.05, 0) is 38.0 Å². The number of fused-ring (bicyclic) bond motifs is 1. The normalized spacial score (nSPS) is 11.2. The van der Waals surface area contributed by atoms with Crippen LogP contribution in [0.5, 0.6) is 0 Å². The van der Waals surface area contributed by atoms with Crippen LogP contribution in [0.2, 0.25) is 0 Å². The first-order valence-electron chi connectivity index (χ1n) is 9.20. The van der Waals surface area contributed by atoms with Crippen LogP contribution in [-0.4, -0.2) is 33.8 Å². The molecule has 1 amide bonds. The maximum Gasteiger partial charge on any atom is 0.339 e. The number of esters is 1. The van der Waals surface area contributed by atoms with Gasteiger partial charge in [0, 0.05) is 11.7 Å². The van der Waals surface area contributed by atoms with Crippen LogP contribution >= 0.6 is 0 Å². The van der Waals surface area contributed by atoms with E-state index in [1.807, 2.05) is 27.7 Å². The topological polar surface area (TPSA) is 86.1 Å². The minimum Gasteiger partial charge on any atom is -0.465 e. The van der Waals surface area contributed by atoms with Crippen molar-refractivity contribution in [2.24, 2.45) is 0 Å². The molecule has 0 unspecified atom stereocenters. The first-order chi connectivity index (χ1) is 13.3. The number of nitrogens with zero attached hydrogens (tertiary/aromatic N) is 3. The van der Waals surface area contributed by atoms with E-state index in [0.717, 1.165) is 5.69 Å². The van der Waals surface area contributed by atoms with E-state index in [1.54, 1.807) is 41.2 Å². The molecule has 0 aliphatic heterocycles. The average molecular weight is 380 g/mol. The molecule has 3 rings (SSSR count). The lowest BCUT2D eigenvalue weighted by Crippen LogP contribution is -2.16. The van der Waals surface area contributed by atoms with Gasteiger partial charge in [0.1, 0.15) is 0 Å². The van der Waals surface area contributed by atoms with Crippen LogP contribution in [0.1, 0.15) is 66.1 Å². The zero-order valence-electron chi connectivity index (χ0n) is 16.7. The molecule has 7 heteroatoms. The number of pyridine rings is 1. The Morgan fingerprint density at radius 3 is 2.46 bits per heavy atom. The molecule has 0 aliphatic carbocycles. The Hall–Kier alpha value is -3.22. The van der Waals surface area contributed by atoms with Crippen LogP contribution in [0.15, 0.2) is 36.5 Å². The van der Waals surface area contributed by atoms with E-state index >= 15 is 0 Å². The minimum absolute atomic E-state index is 0.114. The fourth-order valence-corrected chi connectivity index (χ4v) is 2.97. The zero-order valence-corrected chi connectivity index (χ0v) is 16.7. The van der Waals surface area contributed by atoms with Crippen LogP contribution in [0.4, 0.5) is 5.69 Å². The van der Waals surface area contributed by atoms with Gasteiger partial charge in [-0.3, -0.25) is 4.79 Å². The maximum atomic E-state index is 13.1. The van der Waals surface area contributed by atoms with Gasteiger partial charge in [-0.25, -0.2) is 14.5 Å². The highest BCUT2D eigenvalue weighted by Gasteiger charge is 2.20. The lowest BCUT2D eigenvalue weighted by molar-refractivity contribution is 0.0602. The smallest absolute Gasteiger partial charge is 0.339 e. The number of rotatable bonds is 5. The Morgan fingerprint density at radius 1 is 1.11 bits per heavy atom. The van der Waals surface area contributed by atoms with E-state index in [1.165, 1.54) is 7.11 Å². The van der Waals surface area contributed by atoms with E-state index in [4.69, 9.17) is 9.72 Å². The average Bonchev–Trinajstić information content (AvgIpc) is 3.11. The Bertz CT molecular complexity index is 1040. The summed E-state index contributed by atoms with van der Waals surface area (Å²) in [4.78, 5) is 29.8. The third kappa shape index (κ3) is 3.60. The van der Waals surface area contributed by atoms with E-state index in [2.05, 4.69) is 10.4 Å². The number of amides is 1. The summed E-state index contributed by atoms with van der Waals surface area (Å²) in [6, 6.07) is 8.65. The van der Waals surface area contributed by atoms with Gasteiger partial charge < -0.3 is 10.1 Å². The Labute approximate surface area is 163 Å². The molecule has 0 bridgehead atoms. The molecule has 3 aromatic rings. The summed E-state index contributed by atoms with van der Waals surface area (Å²) < 4.78 is 6.61. The Kier molecular flexibility index (Phi) is 5.44. The van der Waals surface area contributed by atoms with Crippen LogP contribution in [0, 0.1) is 0 Å². The predicted octanol–water partition coefficient (Wildman–Crippen LogP) is 4.17. The molecular formula is C21H24N4O3. The first kappa shape index (κ1) is 19.5. The molecule has 28 heavy (non-hydrogen) atoms. The van der Waals surface area contributed by atoms with Crippen molar-refractivity contribution >= 4 is 28.6 Å².